The van der Waals surface area contributed by atoms with Gasteiger partial charge in [-0.2, -0.15) is 0 Å². The molecule has 1 aromatic carbocycles. The molecule has 0 unspecified atom stereocenters. The fraction of sp³-hybridized carbons (Fsp3) is 0.500. The highest BCUT2D eigenvalue weighted by Gasteiger charge is 2.20. The molecule has 1 aromatic rings. The Bertz CT molecular complexity index is 636. The standard InChI is InChI=1S/C22H29NO2/c1-5-6-7-8-9-13-18-23(21(24)25-22(2,3)4)19-14-17-20-15-11-10-12-16-20/h10-12,15-16H,5-9,19H2,1-4H3. The minimum Gasteiger partial charge on any atom is -0.443 e. The first kappa shape index (κ1) is 20.7. The predicted octanol–water partition coefficient (Wildman–Crippen LogP) is 5.21. The van der Waals surface area contributed by atoms with Crippen molar-refractivity contribution in [2.45, 2.75) is 65.4 Å². The maximum atomic E-state index is 12.3. The second-order valence-electron chi connectivity index (χ2n) is 6.83. The van der Waals surface area contributed by atoms with E-state index in [2.05, 4.69) is 30.7 Å². The molecule has 0 aromatic heterocycles. The van der Waals surface area contributed by atoms with E-state index in [1.54, 1.807) is 0 Å². The topological polar surface area (TPSA) is 29.5 Å². The van der Waals surface area contributed by atoms with Crippen molar-refractivity contribution in [3.05, 3.63) is 35.9 Å². The molecule has 0 saturated carbocycles. The van der Waals surface area contributed by atoms with E-state index >= 15 is 0 Å². The third-order valence-electron chi connectivity index (χ3n) is 3.23. The minimum absolute atomic E-state index is 0.228. The van der Waals surface area contributed by atoms with E-state index < -0.39 is 11.7 Å². The summed E-state index contributed by atoms with van der Waals surface area (Å²) in [5, 5.41) is 0. The van der Waals surface area contributed by atoms with E-state index in [0.717, 1.165) is 18.4 Å². The predicted molar refractivity (Wildman–Crippen MR) is 103 cm³/mol. The molecule has 3 heteroatoms. The number of hydrogen-bond acceptors (Lipinski definition) is 2. The highest BCUT2D eigenvalue weighted by molar-refractivity contribution is 5.70. The van der Waals surface area contributed by atoms with Crippen LogP contribution in [0, 0.1) is 23.8 Å². The molecule has 3 nitrogen and oxygen atoms in total. The van der Waals surface area contributed by atoms with E-state index in [1.807, 2.05) is 51.1 Å². The van der Waals surface area contributed by atoms with Crippen LogP contribution in [0.3, 0.4) is 0 Å². The molecule has 0 heterocycles. The molecule has 0 aliphatic heterocycles. The van der Waals surface area contributed by atoms with Crippen molar-refractivity contribution in [1.29, 1.82) is 0 Å². The van der Waals surface area contributed by atoms with E-state index in [4.69, 9.17) is 4.74 Å². The maximum Gasteiger partial charge on any atom is 0.422 e. The number of ether oxygens (including phenoxy) is 1. The van der Waals surface area contributed by atoms with E-state index in [9.17, 15) is 4.79 Å². The second kappa shape index (κ2) is 11.2. The lowest BCUT2D eigenvalue weighted by Gasteiger charge is -2.22. The zero-order chi connectivity index (χ0) is 18.5. The van der Waals surface area contributed by atoms with Crippen LogP contribution >= 0.6 is 0 Å². The van der Waals surface area contributed by atoms with Crippen LogP contribution in [-0.4, -0.2) is 23.1 Å². The number of carbonyl (C=O) groups is 1. The van der Waals surface area contributed by atoms with Gasteiger partial charge in [0.15, 0.2) is 0 Å². The summed E-state index contributed by atoms with van der Waals surface area (Å²) in [6.45, 7) is 7.94. The fourth-order valence-electron chi connectivity index (χ4n) is 2.00. The van der Waals surface area contributed by atoms with Crippen molar-refractivity contribution < 1.29 is 9.53 Å². The van der Waals surface area contributed by atoms with Crippen molar-refractivity contribution in [3.8, 4) is 23.8 Å². The molecule has 0 bridgehead atoms. The lowest BCUT2D eigenvalue weighted by molar-refractivity contribution is 0.0370. The fourth-order valence-corrected chi connectivity index (χ4v) is 2.00. The van der Waals surface area contributed by atoms with Crippen molar-refractivity contribution in [2.24, 2.45) is 0 Å². The second-order valence-corrected chi connectivity index (χ2v) is 6.83. The average Bonchev–Trinajstić information content (AvgIpc) is 2.55. The zero-order valence-corrected chi connectivity index (χ0v) is 15.9. The van der Waals surface area contributed by atoms with Gasteiger partial charge < -0.3 is 4.74 Å². The van der Waals surface area contributed by atoms with Gasteiger partial charge in [0.25, 0.3) is 0 Å². The van der Waals surface area contributed by atoms with Crippen molar-refractivity contribution in [2.75, 3.05) is 6.54 Å². The lowest BCUT2D eigenvalue weighted by Crippen LogP contribution is -2.34. The first-order valence-corrected chi connectivity index (χ1v) is 8.95. The molecule has 134 valence electrons. The molecule has 1 amide bonds. The molecule has 1 rings (SSSR count). The smallest absolute Gasteiger partial charge is 0.422 e. The van der Waals surface area contributed by atoms with Gasteiger partial charge in [0.1, 0.15) is 5.60 Å². The minimum atomic E-state index is -0.551. The number of unbranched alkanes of at least 4 members (excludes halogenated alkanes) is 4. The SMILES string of the molecule is CCCCCCC#CN(CC#Cc1ccccc1)C(=O)OC(C)(C)C. The molecule has 25 heavy (non-hydrogen) atoms. The van der Waals surface area contributed by atoms with Gasteiger partial charge in [0.05, 0.1) is 6.54 Å². The van der Waals surface area contributed by atoms with E-state index in [-0.39, 0.29) is 6.54 Å². The van der Waals surface area contributed by atoms with Gasteiger partial charge >= 0.3 is 6.09 Å². The Balaban J connectivity index is 2.69. The van der Waals surface area contributed by atoms with Gasteiger partial charge in [-0.3, -0.25) is 0 Å². The summed E-state index contributed by atoms with van der Waals surface area (Å²) in [5.74, 6) is 9.11. The summed E-state index contributed by atoms with van der Waals surface area (Å²) in [5.41, 5.74) is 0.365. The number of carbonyl (C=O) groups excluding carboxylic acids is 1. The van der Waals surface area contributed by atoms with Gasteiger partial charge in [-0.15, -0.1) is 0 Å². The molecule has 0 saturated heterocycles. The molecule has 0 aliphatic carbocycles. The molecule has 0 spiro atoms. The highest BCUT2D eigenvalue weighted by atomic mass is 16.6. The Morgan fingerprint density at radius 1 is 1.08 bits per heavy atom. The van der Waals surface area contributed by atoms with Gasteiger partial charge in [0.2, 0.25) is 0 Å². The molecular weight excluding hydrogens is 310 g/mol. The van der Waals surface area contributed by atoms with E-state index in [0.29, 0.717) is 0 Å². The number of rotatable bonds is 5. The molecular formula is C22H29NO2. The van der Waals surface area contributed by atoms with E-state index in [1.165, 1.54) is 24.2 Å². The quantitative estimate of drug-likeness (QED) is 0.419. The Hall–Kier alpha value is -2.39. The molecule has 0 fully saturated rings. The Kier molecular flexibility index (Phi) is 9.26. The largest absolute Gasteiger partial charge is 0.443 e. The van der Waals surface area contributed by atoms with Crippen molar-refractivity contribution in [1.82, 2.24) is 4.90 Å². The van der Waals surface area contributed by atoms with Crippen LogP contribution in [0.15, 0.2) is 30.3 Å². The Morgan fingerprint density at radius 3 is 2.44 bits per heavy atom. The van der Waals surface area contributed by atoms with Gasteiger partial charge in [-0.1, -0.05) is 62.1 Å². The van der Waals surface area contributed by atoms with Crippen LogP contribution < -0.4 is 0 Å². The first-order chi connectivity index (χ1) is 11.9. The molecule has 0 atom stereocenters. The van der Waals surface area contributed by atoms with Crippen LogP contribution in [0.4, 0.5) is 4.79 Å². The Morgan fingerprint density at radius 2 is 1.80 bits per heavy atom. The summed E-state index contributed by atoms with van der Waals surface area (Å²) >= 11 is 0. The van der Waals surface area contributed by atoms with Crippen LogP contribution in [0.25, 0.3) is 0 Å². The number of benzene rings is 1. The molecule has 0 N–H and O–H groups in total. The van der Waals surface area contributed by atoms with Gasteiger partial charge in [0, 0.05) is 18.0 Å². The number of amides is 1. The van der Waals surface area contributed by atoms with Crippen LogP contribution in [0.2, 0.25) is 0 Å². The summed E-state index contributed by atoms with van der Waals surface area (Å²) in [6.07, 6.45) is 4.98. The monoisotopic (exact) mass is 339 g/mol. The zero-order valence-electron chi connectivity index (χ0n) is 15.9. The van der Waals surface area contributed by atoms with Crippen molar-refractivity contribution in [3.63, 3.8) is 0 Å². The third-order valence-corrected chi connectivity index (χ3v) is 3.23. The average molecular weight is 339 g/mol. The number of hydrogen-bond donors (Lipinski definition) is 0. The molecule has 0 radical (unpaired) electrons. The van der Waals surface area contributed by atoms with Crippen LogP contribution in [-0.2, 0) is 4.74 Å². The highest BCUT2D eigenvalue weighted by Crippen LogP contribution is 2.09. The van der Waals surface area contributed by atoms with Crippen LogP contribution in [0.1, 0.15) is 65.4 Å². The Labute approximate surface area is 152 Å². The normalized spacial score (nSPS) is 10.1. The third kappa shape index (κ3) is 10.2. The first-order valence-electron chi connectivity index (χ1n) is 8.95. The summed E-state index contributed by atoms with van der Waals surface area (Å²) in [7, 11) is 0. The van der Waals surface area contributed by atoms with Gasteiger partial charge in [-0.25, -0.2) is 9.69 Å². The summed E-state index contributed by atoms with van der Waals surface area (Å²) in [6, 6.07) is 12.6. The summed E-state index contributed by atoms with van der Waals surface area (Å²) < 4.78 is 5.41. The van der Waals surface area contributed by atoms with Crippen LogP contribution in [0.5, 0.6) is 0 Å². The summed E-state index contributed by atoms with van der Waals surface area (Å²) in [4.78, 5) is 13.7. The van der Waals surface area contributed by atoms with Crippen molar-refractivity contribution >= 4 is 6.09 Å². The number of nitrogens with zero attached hydrogens (tertiary/aromatic N) is 1. The molecule has 0 aliphatic rings. The maximum absolute atomic E-state index is 12.3. The lowest BCUT2D eigenvalue weighted by atomic mass is 10.2. The van der Waals surface area contributed by atoms with Gasteiger partial charge in [-0.05, 0) is 39.3 Å².